The number of ether oxygens (including phenoxy) is 2. The predicted octanol–water partition coefficient (Wildman–Crippen LogP) is 2.57. The lowest BCUT2D eigenvalue weighted by atomic mass is 10.3. The third-order valence-electron chi connectivity index (χ3n) is 1.24. The molecule has 0 rings (SSSR count). The van der Waals surface area contributed by atoms with Crippen molar-refractivity contribution >= 4 is 11.6 Å². The molecule has 2 nitrogen and oxygen atoms in total. The number of hydrogen-bond donors (Lipinski definition) is 0. The predicted molar refractivity (Wildman–Crippen MR) is 51.5 cm³/mol. The molecule has 0 heterocycles. The Kier molecular flexibility index (Phi) is 10.9. The molecule has 0 atom stereocenters. The van der Waals surface area contributed by atoms with E-state index in [0.717, 1.165) is 19.4 Å². The largest absolute Gasteiger partial charge is 0.356 e. The Morgan fingerprint density at radius 2 is 1.92 bits per heavy atom. The van der Waals surface area contributed by atoms with Gasteiger partial charge in [-0.05, 0) is 19.8 Å². The standard InChI is InChI=1S/C9H17ClO2/c1-2-11-9-12-8-6-4-3-5-7-10/h3-4H,2,5-9H2,1H3/b4-3-. The van der Waals surface area contributed by atoms with Crippen LogP contribution in [0.25, 0.3) is 0 Å². The van der Waals surface area contributed by atoms with Crippen LogP contribution in [0.3, 0.4) is 0 Å². The Bertz CT molecular complexity index is 105. The maximum absolute atomic E-state index is 5.48. The van der Waals surface area contributed by atoms with Crippen LogP contribution in [0.15, 0.2) is 12.2 Å². The molecule has 0 unspecified atom stereocenters. The van der Waals surface area contributed by atoms with Crippen molar-refractivity contribution in [1.82, 2.24) is 0 Å². The molecule has 12 heavy (non-hydrogen) atoms. The Labute approximate surface area is 79.5 Å². The van der Waals surface area contributed by atoms with Gasteiger partial charge in [-0.2, -0.15) is 0 Å². The van der Waals surface area contributed by atoms with E-state index in [-0.39, 0.29) is 0 Å². The number of rotatable bonds is 8. The van der Waals surface area contributed by atoms with Gasteiger partial charge in [0.05, 0.1) is 6.61 Å². The molecule has 3 heteroatoms. The van der Waals surface area contributed by atoms with Gasteiger partial charge in [-0.3, -0.25) is 0 Å². The van der Waals surface area contributed by atoms with Gasteiger partial charge in [-0.15, -0.1) is 11.6 Å². The van der Waals surface area contributed by atoms with Crippen molar-refractivity contribution in [2.24, 2.45) is 0 Å². The van der Waals surface area contributed by atoms with Gasteiger partial charge in [0.2, 0.25) is 0 Å². The highest BCUT2D eigenvalue weighted by molar-refractivity contribution is 6.17. The van der Waals surface area contributed by atoms with Crippen LogP contribution in [0.1, 0.15) is 19.8 Å². The summed E-state index contributed by atoms with van der Waals surface area (Å²) >= 11 is 5.48. The van der Waals surface area contributed by atoms with Crippen LogP contribution in [0.5, 0.6) is 0 Å². The fraction of sp³-hybridized carbons (Fsp3) is 0.778. The third-order valence-corrected chi connectivity index (χ3v) is 1.46. The van der Waals surface area contributed by atoms with Crippen molar-refractivity contribution in [2.45, 2.75) is 19.8 Å². The number of halogens is 1. The average Bonchev–Trinajstić information content (AvgIpc) is 2.10. The summed E-state index contributed by atoms with van der Waals surface area (Å²) in [6, 6.07) is 0. The first-order valence-electron chi connectivity index (χ1n) is 4.28. The topological polar surface area (TPSA) is 18.5 Å². The molecule has 72 valence electrons. The second kappa shape index (κ2) is 11.0. The van der Waals surface area contributed by atoms with E-state index in [1.165, 1.54) is 0 Å². The van der Waals surface area contributed by atoms with Crippen LogP contribution in [-0.4, -0.2) is 25.9 Å². The molecule has 0 bridgehead atoms. The molecule has 0 amide bonds. The van der Waals surface area contributed by atoms with Gasteiger partial charge >= 0.3 is 0 Å². The summed E-state index contributed by atoms with van der Waals surface area (Å²) in [6.07, 6.45) is 6.02. The van der Waals surface area contributed by atoms with E-state index >= 15 is 0 Å². The second-order valence-corrected chi connectivity index (χ2v) is 2.63. The number of alkyl halides is 1. The molecule has 0 N–H and O–H groups in total. The SMILES string of the molecule is CCOCOCC/C=C\CCCl. The number of hydrogen-bond acceptors (Lipinski definition) is 2. The van der Waals surface area contributed by atoms with E-state index in [4.69, 9.17) is 21.1 Å². The first kappa shape index (κ1) is 11.9. The molecular weight excluding hydrogens is 176 g/mol. The molecule has 0 saturated carbocycles. The van der Waals surface area contributed by atoms with Crippen LogP contribution < -0.4 is 0 Å². The minimum atomic E-state index is 0.403. The fourth-order valence-electron chi connectivity index (χ4n) is 0.651. The quantitative estimate of drug-likeness (QED) is 0.255. The minimum absolute atomic E-state index is 0.403. The van der Waals surface area contributed by atoms with E-state index < -0.39 is 0 Å². The zero-order valence-electron chi connectivity index (χ0n) is 7.59. The van der Waals surface area contributed by atoms with E-state index in [0.29, 0.717) is 19.3 Å². The van der Waals surface area contributed by atoms with Crippen LogP contribution in [-0.2, 0) is 9.47 Å². The Hall–Kier alpha value is -0.0500. The van der Waals surface area contributed by atoms with Crippen molar-refractivity contribution in [1.29, 1.82) is 0 Å². The van der Waals surface area contributed by atoms with Crippen molar-refractivity contribution in [3.05, 3.63) is 12.2 Å². The maximum atomic E-state index is 5.48. The van der Waals surface area contributed by atoms with E-state index in [9.17, 15) is 0 Å². The molecule has 0 aromatic heterocycles. The van der Waals surface area contributed by atoms with Crippen molar-refractivity contribution in [3.63, 3.8) is 0 Å². The lowest BCUT2D eigenvalue weighted by Crippen LogP contribution is -1.99. The molecule has 0 spiro atoms. The molecule has 0 fully saturated rings. The highest BCUT2D eigenvalue weighted by Crippen LogP contribution is 1.90. The lowest BCUT2D eigenvalue weighted by molar-refractivity contribution is -0.0476. The minimum Gasteiger partial charge on any atom is -0.356 e. The highest BCUT2D eigenvalue weighted by atomic mass is 35.5. The Morgan fingerprint density at radius 1 is 1.17 bits per heavy atom. The fourth-order valence-corrected chi connectivity index (χ4v) is 0.777. The normalized spacial score (nSPS) is 11.2. The molecule has 0 aromatic rings. The Morgan fingerprint density at radius 3 is 2.58 bits per heavy atom. The second-order valence-electron chi connectivity index (χ2n) is 2.26. The average molecular weight is 193 g/mol. The zero-order valence-corrected chi connectivity index (χ0v) is 8.35. The van der Waals surface area contributed by atoms with Gasteiger partial charge in [-0.25, -0.2) is 0 Å². The molecule has 0 aliphatic rings. The van der Waals surface area contributed by atoms with Crippen molar-refractivity contribution in [3.8, 4) is 0 Å². The van der Waals surface area contributed by atoms with Crippen LogP contribution >= 0.6 is 11.6 Å². The van der Waals surface area contributed by atoms with Gasteiger partial charge in [0.25, 0.3) is 0 Å². The van der Waals surface area contributed by atoms with Gasteiger partial charge in [0, 0.05) is 12.5 Å². The molecule has 0 aliphatic carbocycles. The monoisotopic (exact) mass is 192 g/mol. The summed E-state index contributed by atoms with van der Waals surface area (Å²) in [4.78, 5) is 0. The smallest absolute Gasteiger partial charge is 0.146 e. The van der Waals surface area contributed by atoms with Crippen molar-refractivity contribution in [2.75, 3.05) is 25.9 Å². The van der Waals surface area contributed by atoms with Gasteiger partial charge in [0.15, 0.2) is 0 Å². The molecule has 0 saturated heterocycles. The summed E-state index contributed by atoms with van der Waals surface area (Å²) in [5, 5.41) is 0. The first-order valence-corrected chi connectivity index (χ1v) is 4.81. The highest BCUT2D eigenvalue weighted by Gasteiger charge is 1.83. The summed E-state index contributed by atoms with van der Waals surface area (Å²) in [7, 11) is 0. The van der Waals surface area contributed by atoms with E-state index in [2.05, 4.69) is 12.2 Å². The molecule has 0 radical (unpaired) electrons. The summed E-state index contributed by atoms with van der Waals surface area (Å²) in [5.41, 5.74) is 0. The van der Waals surface area contributed by atoms with E-state index in [1.807, 2.05) is 6.92 Å². The molecular formula is C9H17ClO2. The van der Waals surface area contributed by atoms with Gasteiger partial charge < -0.3 is 9.47 Å². The van der Waals surface area contributed by atoms with Gasteiger partial charge in [0.1, 0.15) is 6.79 Å². The summed E-state index contributed by atoms with van der Waals surface area (Å²) in [6.45, 7) is 3.78. The lowest BCUT2D eigenvalue weighted by Gasteiger charge is -2.00. The maximum Gasteiger partial charge on any atom is 0.146 e. The number of allylic oxidation sites excluding steroid dienone is 1. The van der Waals surface area contributed by atoms with Crippen molar-refractivity contribution < 1.29 is 9.47 Å². The van der Waals surface area contributed by atoms with E-state index in [1.54, 1.807) is 0 Å². The Balaban J connectivity index is 2.90. The zero-order chi connectivity index (χ0) is 9.07. The van der Waals surface area contributed by atoms with Crippen LogP contribution in [0.2, 0.25) is 0 Å². The summed E-state index contributed by atoms with van der Waals surface area (Å²) in [5.74, 6) is 0.691. The third kappa shape index (κ3) is 9.95. The summed E-state index contributed by atoms with van der Waals surface area (Å²) < 4.78 is 10.1. The first-order chi connectivity index (χ1) is 5.91. The van der Waals surface area contributed by atoms with Crippen LogP contribution in [0, 0.1) is 0 Å². The van der Waals surface area contributed by atoms with Gasteiger partial charge in [-0.1, -0.05) is 12.2 Å². The van der Waals surface area contributed by atoms with Crippen LogP contribution in [0.4, 0.5) is 0 Å². The molecule has 0 aromatic carbocycles. The molecule has 0 aliphatic heterocycles.